The van der Waals surface area contributed by atoms with Gasteiger partial charge in [-0.3, -0.25) is 14.5 Å². The zero-order valence-electron chi connectivity index (χ0n) is 17.6. The Balaban J connectivity index is 1.48. The van der Waals surface area contributed by atoms with Gasteiger partial charge < -0.3 is 10.6 Å². The Kier molecular flexibility index (Phi) is 4.49. The molecule has 0 radical (unpaired) electrons. The number of imide groups is 1. The largest absolute Gasteiger partial charge is 0.351 e. The first-order valence-corrected chi connectivity index (χ1v) is 10.3. The van der Waals surface area contributed by atoms with Crippen molar-refractivity contribution in [2.75, 3.05) is 6.54 Å². The molecule has 1 aromatic rings. The van der Waals surface area contributed by atoms with Gasteiger partial charge in [0.2, 0.25) is 5.91 Å². The number of amides is 4. The van der Waals surface area contributed by atoms with Crippen molar-refractivity contribution >= 4 is 17.8 Å². The van der Waals surface area contributed by atoms with Gasteiger partial charge in [0.05, 0.1) is 0 Å². The molecule has 3 aliphatic rings. The Hall–Kier alpha value is -2.51. The van der Waals surface area contributed by atoms with Crippen molar-refractivity contribution in [2.45, 2.75) is 58.5 Å². The summed E-state index contributed by atoms with van der Waals surface area (Å²) in [4.78, 5) is 38.9. The summed E-state index contributed by atoms with van der Waals surface area (Å²) in [6, 6.07) is 2.30. The van der Waals surface area contributed by atoms with Crippen LogP contribution in [0.2, 0.25) is 0 Å². The molecule has 2 bridgehead atoms. The molecule has 1 heterocycles. The van der Waals surface area contributed by atoms with Crippen LogP contribution in [0.5, 0.6) is 0 Å². The number of benzene rings is 1. The maximum Gasteiger partial charge on any atom is 0.325 e. The molecule has 8 heteroatoms. The van der Waals surface area contributed by atoms with Gasteiger partial charge in [-0.25, -0.2) is 13.6 Å². The summed E-state index contributed by atoms with van der Waals surface area (Å²) in [5.41, 5.74) is -1.35. The topological polar surface area (TPSA) is 78.5 Å². The molecule has 2 N–H and O–H groups in total. The first-order chi connectivity index (χ1) is 13.9. The number of carbonyl (C=O) groups is 3. The average Bonchev–Trinajstić information content (AvgIpc) is 3.10. The lowest BCUT2D eigenvalue weighted by atomic mass is 9.69. The molecule has 1 aliphatic heterocycles. The number of hydrogen-bond acceptors (Lipinski definition) is 3. The minimum absolute atomic E-state index is 0.00269. The number of halogens is 2. The molecule has 1 aromatic carbocycles. The number of rotatable bonds is 4. The molecule has 2 aliphatic carbocycles. The molecule has 30 heavy (non-hydrogen) atoms. The Bertz CT molecular complexity index is 950. The van der Waals surface area contributed by atoms with Crippen LogP contribution in [0.3, 0.4) is 0 Å². The molecule has 4 atom stereocenters. The predicted molar refractivity (Wildman–Crippen MR) is 105 cm³/mol. The van der Waals surface area contributed by atoms with Crippen molar-refractivity contribution < 1.29 is 23.2 Å². The van der Waals surface area contributed by atoms with E-state index in [0.717, 1.165) is 36.3 Å². The van der Waals surface area contributed by atoms with Crippen LogP contribution >= 0.6 is 0 Å². The quantitative estimate of drug-likeness (QED) is 0.737. The fourth-order valence-electron chi connectivity index (χ4n) is 5.65. The molecule has 2 saturated carbocycles. The highest BCUT2D eigenvalue weighted by atomic mass is 19.2. The third-order valence-electron chi connectivity index (χ3n) is 8.20. The van der Waals surface area contributed by atoms with Gasteiger partial charge in [-0.2, -0.15) is 0 Å². The fraction of sp³-hybridized carbons (Fsp3) is 0.591. The van der Waals surface area contributed by atoms with Crippen molar-refractivity contribution in [3.63, 3.8) is 0 Å². The molecule has 4 unspecified atom stereocenters. The van der Waals surface area contributed by atoms with E-state index < -0.39 is 41.6 Å². The molecular weight excluding hydrogens is 392 g/mol. The maximum absolute atomic E-state index is 13.7. The Labute approximate surface area is 174 Å². The van der Waals surface area contributed by atoms with E-state index in [1.807, 2.05) is 0 Å². The first kappa shape index (κ1) is 20.8. The van der Waals surface area contributed by atoms with Gasteiger partial charge in [-0.1, -0.05) is 26.8 Å². The zero-order valence-corrected chi connectivity index (χ0v) is 17.6. The molecule has 162 valence electrons. The molecule has 0 aromatic heterocycles. The molecule has 3 fully saturated rings. The van der Waals surface area contributed by atoms with E-state index >= 15 is 0 Å². The van der Waals surface area contributed by atoms with Crippen molar-refractivity contribution in [2.24, 2.45) is 16.7 Å². The van der Waals surface area contributed by atoms with E-state index in [-0.39, 0.29) is 22.4 Å². The molecule has 4 amide bonds. The van der Waals surface area contributed by atoms with Crippen molar-refractivity contribution in [1.82, 2.24) is 15.5 Å². The second-order valence-corrected chi connectivity index (χ2v) is 9.81. The second-order valence-electron chi connectivity index (χ2n) is 9.81. The lowest BCUT2D eigenvalue weighted by Crippen LogP contribution is -2.50. The zero-order chi connectivity index (χ0) is 22.1. The molecule has 4 rings (SSSR count). The summed E-state index contributed by atoms with van der Waals surface area (Å²) in [5, 5.41) is 5.54. The van der Waals surface area contributed by atoms with Gasteiger partial charge in [0.15, 0.2) is 11.6 Å². The smallest absolute Gasteiger partial charge is 0.325 e. The summed E-state index contributed by atoms with van der Waals surface area (Å²) >= 11 is 0. The third kappa shape index (κ3) is 2.76. The number of fused-ring (bicyclic) bond motifs is 2. The molecule has 0 spiro atoms. The molecule has 6 nitrogen and oxygen atoms in total. The van der Waals surface area contributed by atoms with Crippen molar-refractivity contribution in [1.29, 1.82) is 0 Å². The van der Waals surface area contributed by atoms with E-state index in [1.165, 1.54) is 13.0 Å². The van der Waals surface area contributed by atoms with Crippen LogP contribution in [0.1, 0.15) is 52.5 Å². The highest BCUT2D eigenvalue weighted by Crippen LogP contribution is 2.65. The highest BCUT2D eigenvalue weighted by Gasteiger charge is 2.61. The summed E-state index contributed by atoms with van der Waals surface area (Å²) in [7, 11) is 0. The van der Waals surface area contributed by atoms with E-state index in [1.54, 1.807) is 0 Å². The van der Waals surface area contributed by atoms with Crippen LogP contribution in [0.15, 0.2) is 18.2 Å². The summed E-state index contributed by atoms with van der Waals surface area (Å²) in [6.07, 6.45) is 3.07. The SMILES string of the molecule is CC1(c2ccc(F)c(F)c2)NC(=O)N(CC(=O)NC2CC3CCC2(C)C3(C)C)C1=O. The van der Waals surface area contributed by atoms with Crippen LogP contribution in [-0.2, 0) is 15.1 Å². The van der Waals surface area contributed by atoms with Gasteiger partial charge in [-0.05, 0) is 60.6 Å². The van der Waals surface area contributed by atoms with Crippen LogP contribution < -0.4 is 10.6 Å². The predicted octanol–water partition coefficient (Wildman–Crippen LogP) is 3.06. The minimum atomic E-state index is -1.56. The number of nitrogens with zero attached hydrogens (tertiary/aromatic N) is 1. The summed E-state index contributed by atoms with van der Waals surface area (Å²) in [6.45, 7) is 7.67. The first-order valence-electron chi connectivity index (χ1n) is 10.3. The Morgan fingerprint density at radius 2 is 1.90 bits per heavy atom. The van der Waals surface area contributed by atoms with Crippen LogP contribution in [0.25, 0.3) is 0 Å². The van der Waals surface area contributed by atoms with Crippen molar-refractivity contribution in [3.8, 4) is 0 Å². The lowest BCUT2D eigenvalue weighted by molar-refractivity contribution is -0.135. The summed E-state index contributed by atoms with van der Waals surface area (Å²) in [5.74, 6) is -2.69. The monoisotopic (exact) mass is 419 g/mol. The van der Waals surface area contributed by atoms with Crippen molar-refractivity contribution in [3.05, 3.63) is 35.4 Å². The number of hydrogen-bond donors (Lipinski definition) is 2. The number of nitrogens with one attached hydrogen (secondary N) is 2. The van der Waals surface area contributed by atoms with Gasteiger partial charge in [0.25, 0.3) is 5.91 Å². The minimum Gasteiger partial charge on any atom is -0.351 e. The third-order valence-corrected chi connectivity index (χ3v) is 8.20. The number of carbonyl (C=O) groups excluding carboxylic acids is 3. The van der Waals surface area contributed by atoms with E-state index in [4.69, 9.17) is 0 Å². The Morgan fingerprint density at radius 1 is 1.20 bits per heavy atom. The van der Waals surface area contributed by atoms with Gasteiger partial charge >= 0.3 is 6.03 Å². The number of urea groups is 1. The standard InChI is InChI=1S/C22H27F2N3O3/c1-20(2)12-7-8-21(20,3)16(10-12)25-17(28)11-27-18(29)22(4,26-19(27)30)13-5-6-14(23)15(24)9-13/h5-6,9,12,16H,7-8,10-11H2,1-4H3,(H,25,28)(H,26,30). The van der Waals surface area contributed by atoms with Crippen LogP contribution in [0, 0.1) is 28.4 Å². The summed E-state index contributed by atoms with van der Waals surface area (Å²) < 4.78 is 26.9. The van der Waals surface area contributed by atoms with Gasteiger partial charge in [0, 0.05) is 6.04 Å². The van der Waals surface area contributed by atoms with E-state index in [2.05, 4.69) is 31.4 Å². The fourth-order valence-corrected chi connectivity index (χ4v) is 5.65. The van der Waals surface area contributed by atoms with Gasteiger partial charge in [0.1, 0.15) is 12.1 Å². The average molecular weight is 419 g/mol. The second kappa shape index (κ2) is 6.49. The Morgan fingerprint density at radius 3 is 2.47 bits per heavy atom. The molecular formula is C22H27F2N3O3. The van der Waals surface area contributed by atoms with E-state index in [9.17, 15) is 23.2 Å². The van der Waals surface area contributed by atoms with Gasteiger partial charge in [-0.15, -0.1) is 0 Å². The normalized spacial score (nSPS) is 34.4. The maximum atomic E-state index is 13.7. The molecule has 1 saturated heterocycles. The highest BCUT2D eigenvalue weighted by molar-refractivity contribution is 6.09. The lowest BCUT2D eigenvalue weighted by Gasteiger charge is -2.39. The van der Waals surface area contributed by atoms with E-state index in [0.29, 0.717) is 5.92 Å². The van der Waals surface area contributed by atoms with Crippen LogP contribution in [-0.4, -0.2) is 35.3 Å². The van der Waals surface area contributed by atoms with Crippen LogP contribution in [0.4, 0.5) is 13.6 Å².